The average Bonchev–Trinajstić information content (AvgIpc) is 2.82. The highest BCUT2D eigenvalue weighted by Gasteiger charge is 2.13. The summed E-state index contributed by atoms with van der Waals surface area (Å²) in [5, 5.41) is 3.45. The van der Waals surface area contributed by atoms with Gasteiger partial charge in [-0.05, 0) is 36.6 Å². The fraction of sp³-hybridized carbons (Fsp3) is 0.231. The Morgan fingerprint density at radius 3 is 2.50 bits per heavy atom. The Morgan fingerprint density at radius 1 is 0.938 bits per heavy atom. The molecule has 1 N–H and O–H groups in total. The number of carbonyl (C=O) groups is 1. The Labute approximate surface area is 187 Å². The second-order valence-corrected chi connectivity index (χ2v) is 7.87. The standard InChI is InChI=1S/C26H26N4O2/c1-19-9-11-20(12-10-19)15-17-27-24(31)14-13-23-29-25-22(8-5-16-28-25)26(32)30(23)18-21-6-3-2-4-7-21/h2-12,16H,13-15,17-18H2,1H3,(H,27,31). The minimum Gasteiger partial charge on any atom is -0.356 e. The minimum atomic E-state index is -0.137. The van der Waals surface area contributed by atoms with Gasteiger partial charge in [0.05, 0.1) is 11.9 Å². The second-order valence-electron chi connectivity index (χ2n) is 7.87. The normalized spacial score (nSPS) is 10.9. The number of aryl methyl sites for hydroxylation is 2. The number of carbonyl (C=O) groups excluding carboxylic acids is 1. The third-order valence-electron chi connectivity index (χ3n) is 5.42. The lowest BCUT2D eigenvalue weighted by Crippen LogP contribution is -2.29. The van der Waals surface area contributed by atoms with E-state index in [2.05, 4.69) is 46.5 Å². The lowest BCUT2D eigenvalue weighted by molar-refractivity contribution is -0.121. The van der Waals surface area contributed by atoms with Gasteiger partial charge in [0.2, 0.25) is 5.91 Å². The van der Waals surface area contributed by atoms with Gasteiger partial charge in [0.25, 0.3) is 5.56 Å². The van der Waals surface area contributed by atoms with E-state index in [1.165, 1.54) is 11.1 Å². The average molecular weight is 427 g/mol. The smallest absolute Gasteiger partial charge is 0.263 e. The van der Waals surface area contributed by atoms with Gasteiger partial charge in [0.1, 0.15) is 5.82 Å². The SMILES string of the molecule is Cc1ccc(CCNC(=O)CCc2nc3ncccc3c(=O)n2Cc2ccccc2)cc1. The van der Waals surface area contributed by atoms with E-state index in [0.717, 1.165) is 12.0 Å². The van der Waals surface area contributed by atoms with Gasteiger partial charge < -0.3 is 5.32 Å². The predicted molar refractivity (Wildman–Crippen MR) is 126 cm³/mol. The quantitative estimate of drug-likeness (QED) is 0.468. The number of pyridine rings is 1. The Hall–Kier alpha value is -3.80. The van der Waals surface area contributed by atoms with Crippen molar-refractivity contribution in [2.45, 2.75) is 32.7 Å². The van der Waals surface area contributed by atoms with Gasteiger partial charge in [-0.25, -0.2) is 9.97 Å². The Bertz CT molecular complexity index is 1260. The lowest BCUT2D eigenvalue weighted by atomic mass is 10.1. The van der Waals surface area contributed by atoms with Crippen molar-refractivity contribution in [2.75, 3.05) is 6.54 Å². The van der Waals surface area contributed by atoms with E-state index in [0.29, 0.717) is 36.4 Å². The van der Waals surface area contributed by atoms with Crippen molar-refractivity contribution in [3.8, 4) is 0 Å². The molecule has 1 amide bonds. The van der Waals surface area contributed by atoms with E-state index in [9.17, 15) is 9.59 Å². The van der Waals surface area contributed by atoms with Gasteiger partial charge in [0, 0.05) is 25.6 Å². The largest absolute Gasteiger partial charge is 0.356 e. The second kappa shape index (κ2) is 10.0. The highest BCUT2D eigenvalue weighted by atomic mass is 16.1. The van der Waals surface area contributed by atoms with Crippen molar-refractivity contribution < 1.29 is 4.79 Å². The number of rotatable bonds is 8. The topological polar surface area (TPSA) is 76.9 Å². The summed E-state index contributed by atoms with van der Waals surface area (Å²) in [4.78, 5) is 34.4. The van der Waals surface area contributed by atoms with Crippen LogP contribution in [0.1, 0.15) is 28.9 Å². The Kier molecular flexibility index (Phi) is 6.70. The summed E-state index contributed by atoms with van der Waals surface area (Å²) >= 11 is 0. The van der Waals surface area contributed by atoms with Crippen LogP contribution in [-0.4, -0.2) is 27.0 Å². The minimum absolute atomic E-state index is 0.0567. The molecular weight excluding hydrogens is 400 g/mol. The Morgan fingerprint density at radius 2 is 1.72 bits per heavy atom. The van der Waals surface area contributed by atoms with Crippen molar-refractivity contribution >= 4 is 16.9 Å². The third kappa shape index (κ3) is 5.27. The summed E-state index contributed by atoms with van der Waals surface area (Å²) in [7, 11) is 0. The fourth-order valence-corrected chi connectivity index (χ4v) is 3.63. The maximum Gasteiger partial charge on any atom is 0.263 e. The number of benzene rings is 2. The first kappa shape index (κ1) is 21.4. The molecule has 4 aromatic rings. The molecule has 0 aliphatic carbocycles. The zero-order valence-electron chi connectivity index (χ0n) is 18.1. The highest BCUT2D eigenvalue weighted by Crippen LogP contribution is 2.10. The van der Waals surface area contributed by atoms with E-state index in [4.69, 9.17) is 0 Å². The first-order valence-corrected chi connectivity index (χ1v) is 10.8. The molecule has 0 atom stereocenters. The molecule has 0 radical (unpaired) electrons. The molecule has 2 aromatic carbocycles. The van der Waals surface area contributed by atoms with Gasteiger partial charge >= 0.3 is 0 Å². The summed E-state index contributed by atoms with van der Waals surface area (Å²) in [5.74, 6) is 0.512. The number of fused-ring (bicyclic) bond motifs is 1. The molecule has 6 nitrogen and oxygen atoms in total. The first-order chi connectivity index (χ1) is 15.6. The molecule has 32 heavy (non-hydrogen) atoms. The van der Waals surface area contributed by atoms with Crippen LogP contribution in [0.25, 0.3) is 11.0 Å². The van der Waals surface area contributed by atoms with E-state index in [1.807, 2.05) is 30.3 Å². The zero-order chi connectivity index (χ0) is 22.3. The van der Waals surface area contributed by atoms with Crippen LogP contribution in [0, 0.1) is 6.92 Å². The summed E-state index contributed by atoms with van der Waals surface area (Å²) in [5.41, 5.74) is 3.69. The van der Waals surface area contributed by atoms with Gasteiger partial charge in [-0.15, -0.1) is 0 Å². The Balaban J connectivity index is 1.46. The molecule has 0 aliphatic heterocycles. The molecule has 2 aromatic heterocycles. The summed E-state index contributed by atoms with van der Waals surface area (Å²) in [6, 6.07) is 21.5. The van der Waals surface area contributed by atoms with Crippen molar-refractivity contribution in [3.05, 3.63) is 106 Å². The number of nitrogens with one attached hydrogen (secondary N) is 1. The molecule has 6 heteroatoms. The van der Waals surface area contributed by atoms with Crippen molar-refractivity contribution in [3.63, 3.8) is 0 Å². The van der Waals surface area contributed by atoms with Gasteiger partial charge in [0.15, 0.2) is 5.65 Å². The van der Waals surface area contributed by atoms with Crippen molar-refractivity contribution in [1.82, 2.24) is 19.9 Å². The van der Waals surface area contributed by atoms with E-state index in [-0.39, 0.29) is 17.9 Å². The number of aromatic nitrogens is 3. The molecule has 4 rings (SSSR count). The number of hydrogen-bond donors (Lipinski definition) is 1. The first-order valence-electron chi connectivity index (χ1n) is 10.8. The van der Waals surface area contributed by atoms with Crippen LogP contribution in [0.3, 0.4) is 0 Å². The van der Waals surface area contributed by atoms with Crippen LogP contribution >= 0.6 is 0 Å². The predicted octanol–water partition coefficient (Wildman–Crippen LogP) is 3.44. The van der Waals surface area contributed by atoms with E-state index in [1.54, 1.807) is 22.9 Å². The van der Waals surface area contributed by atoms with Gasteiger partial charge in [-0.1, -0.05) is 60.2 Å². The van der Waals surface area contributed by atoms with Gasteiger partial charge in [-0.2, -0.15) is 0 Å². The molecule has 0 bridgehead atoms. The van der Waals surface area contributed by atoms with E-state index >= 15 is 0 Å². The van der Waals surface area contributed by atoms with Crippen molar-refractivity contribution in [2.24, 2.45) is 0 Å². The number of amides is 1. The van der Waals surface area contributed by atoms with Crippen LogP contribution in [-0.2, 0) is 24.2 Å². The van der Waals surface area contributed by atoms with Crippen LogP contribution in [0.15, 0.2) is 77.7 Å². The highest BCUT2D eigenvalue weighted by molar-refractivity contribution is 5.76. The lowest BCUT2D eigenvalue weighted by Gasteiger charge is -2.13. The molecule has 162 valence electrons. The monoisotopic (exact) mass is 426 g/mol. The van der Waals surface area contributed by atoms with E-state index < -0.39 is 0 Å². The van der Waals surface area contributed by atoms with Gasteiger partial charge in [-0.3, -0.25) is 14.2 Å². The maximum absolute atomic E-state index is 13.1. The maximum atomic E-state index is 13.1. The molecule has 0 saturated carbocycles. The van der Waals surface area contributed by atoms with Crippen LogP contribution in [0.2, 0.25) is 0 Å². The van der Waals surface area contributed by atoms with Crippen LogP contribution < -0.4 is 10.9 Å². The van der Waals surface area contributed by atoms with Crippen molar-refractivity contribution in [1.29, 1.82) is 0 Å². The molecule has 0 unspecified atom stereocenters. The molecule has 2 heterocycles. The molecular formula is C26H26N4O2. The zero-order valence-corrected chi connectivity index (χ0v) is 18.1. The van der Waals surface area contributed by atoms with Crippen LogP contribution in [0.4, 0.5) is 0 Å². The molecule has 0 spiro atoms. The fourth-order valence-electron chi connectivity index (χ4n) is 3.63. The summed E-state index contributed by atoms with van der Waals surface area (Å²) in [6.07, 6.45) is 3.03. The summed E-state index contributed by atoms with van der Waals surface area (Å²) < 4.78 is 1.65. The molecule has 0 fully saturated rings. The summed E-state index contributed by atoms with van der Waals surface area (Å²) in [6.45, 7) is 3.03. The molecule has 0 aliphatic rings. The third-order valence-corrected chi connectivity index (χ3v) is 5.42. The number of hydrogen-bond acceptors (Lipinski definition) is 4. The number of nitrogens with zero attached hydrogens (tertiary/aromatic N) is 3. The molecule has 0 saturated heterocycles. The van der Waals surface area contributed by atoms with Crippen LogP contribution in [0.5, 0.6) is 0 Å².